The van der Waals surface area contributed by atoms with Crippen molar-refractivity contribution in [1.29, 1.82) is 0 Å². The summed E-state index contributed by atoms with van der Waals surface area (Å²) < 4.78 is 11.3. The Balaban J connectivity index is 1.69. The van der Waals surface area contributed by atoms with Gasteiger partial charge in [-0.25, -0.2) is 0 Å². The lowest BCUT2D eigenvalue weighted by atomic mass is 10.1. The van der Waals surface area contributed by atoms with E-state index in [1.807, 2.05) is 26.0 Å². The van der Waals surface area contributed by atoms with E-state index in [1.54, 1.807) is 36.4 Å². The second-order valence-corrected chi connectivity index (χ2v) is 6.50. The van der Waals surface area contributed by atoms with E-state index in [0.29, 0.717) is 35.2 Å². The summed E-state index contributed by atoms with van der Waals surface area (Å²) in [7, 11) is 0. The Morgan fingerprint density at radius 1 is 1.08 bits per heavy atom. The maximum absolute atomic E-state index is 12.6. The van der Waals surface area contributed by atoms with Gasteiger partial charge in [-0.15, -0.1) is 0 Å². The molecule has 2 N–H and O–H groups in total. The van der Waals surface area contributed by atoms with E-state index >= 15 is 0 Å². The lowest BCUT2D eigenvalue weighted by Crippen LogP contribution is -2.40. The molecule has 2 aromatic rings. The molecule has 0 spiro atoms. The first-order valence-corrected chi connectivity index (χ1v) is 8.61. The number of para-hydroxylation sites is 3. The van der Waals surface area contributed by atoms with Gasteiger partial charge in [-0.3, -0.25) is 9.59 Å². The summed E-state index contributed by atoms with van der Waals surface area (Å²) >= 11 is 0. The minimum atomic E-state index is -0.781. The Labute approximate surface area is 152 Å². The molecule has 1 aliphatic rings. The van der Waals surface area contributed by atoms with E-state index in [2.05, 4.69) is 10.6 Å². The highest BCUT2D eigenvalue weighted by molar-refractivity contribution is 6.04. The molecule has 26 heavy (non-hydrogen) atoms. The molecule has 0 unspecified atom stereocenters. The van der Waals surface area contributed by atoms with E-state index < -0.39 is 6.10 Å². The van der Waals surface area contributed by atoms with Crippen LogP contribution in [0.1, 0.15) is 24.2 Å². The van der Waals surface area contributed by atoms with Crippen LogP contribution >= 0.6 is 0 Å². The molecular weight excluding hydrogens is 332 g/mol. The highest BCUT2D eigenvalue weighted by Crippen LogP contribution is 2.31. The van der Waals surface area contributed by atoms with E-state index in [9.17, 15) is 9.59 Å². The number of rotatable bonds is 5. The zero-order valence-corrected chi connectivity index (χ0v) is 14.8. The van der Waals surface area contributed by atoms with Crippen LogP contribution in [0, 0.1) is 5.92 Å². The molecule has 0 aliphatic carbocycles. The van der Waals surface area contributed by atoms with E-state index in [4.69, 9.17) is 9.47 Å². The molecule has 6 heteroatoms. The van der Waals surface area contributed by atoms with Gasteiger partial charge >= 0.3 is 0 Å². The Kier molecular flexibility index (Phi) is 5.41. The molecule has 0 radical (unpaired) electrons. The van der Waals surface area contributed by atoms with Gasteiger partial charge in [-0.2, -0.15) is 0 Å². The predicted octanol–water partition coefficient (Wildman–Crippen LogP) is 2.85. The van der Waals surface area contributed by atoms with Crippen LogP contribution in [-0.4, -0.2) is 31.1 Å². The van der Waals surface area contributed by atoms with Gasteiger partial charge in [0.05, 0.1) is 11.3 Å². The summed E-state index contributed by atoms with van der Waals surface area (Å²) in [5.41, 5.74) is 0.861. The van der Waals surface area contributed by atoms with Crippen LogP contribution in [0.25, 0.3) is 0 Å². The van der Waals surface area contributed by atoms with Gasteiger partial charge in [0.2, 0.25) is 6.10 Å². The van der Waals surface area contributed by atoms with Crippen LogP contribution in [0.5, 0.6) is 11.5 Å². The first-order valence-electron chi connectivity index (χ1n) is 8.61. The number of ether oxygens (including phenoxy) is 2. The molecule has 1 aliphatic heterocycles. The highest BCUT2D eigenvalue weighted by atomic mass is 16.6. The Hall–Kier alpha value is -3.02. The standard InChI is InChI=1S/C20H22N2O4/c1-13(2)11-21-19(23)14-7-3-4-8-15(14)22-20(24)18-12-25-16-9-5-6-10-17(16)26-18/h3-10,13,18H,11-12H2,1-2H3,(H,21,23)(H,22,24)/t18-/m1/s1. The molecule has 0 fully saturated rings. The smallest absolute Gasteiger partial charge is 0.269 e. The van der Waals surface area contributed by atoms with Crippen molar-refractivity contribution in [1.82, 2.24) is 5.32 Å². The Morgan fingerprint density at radius 2 is 1.77 bits per heavy atom. The summed E-state index contributed by atoms with van der Waals surface area (Å²) in [5, 5.41) is 5.63. The average Bonchev–Trinajstić information content (AvgIpc) is 2.66. The fourth-order valence-electron chi connectivity index (χ4n) is 2.54. The van der Waals surface area contributed by atoms with Crippen LogP contribution in [0.4, 0.5) is 5.69 Å². The molecule has 6 nitrogen and oxygen atoms in total. The number of amides is 2. The van der Waals surface area contributed by atoms with Gasteiger partial charge in [0.1, 0.15) is 6.61 Å². The van der Waals surface area contributed by atoms with Gasteiger partial charge in [0.15, 0.2) is 11.5 Å². The summed E-state index contributed by atoms with van der Waals surface area (Å²) in [6.07, 6.45) is -0.781. The van der Waals surface area contributed by atoms with Crippen molar-refractivity contribution in [2.75, 3.05) is 18.5 Å². The highest BCUT2D eigenvalue weighted by Gasteiger charge is 2.28. The van der Waals surface area contributed by atoms with E-state index in [1.165, 1.54) is 0 Å². The molecule has 0 saturated heterocycles. The topological polar surface area (TPSA) is 76.7 Å². The maximum atomic E-state index is 12.6. The van der Waals surface area contributed by atoms with Gasteiger partial charge in [0.25, 0.3) is 11.8 Å². The zero-order valence-electron chi connectivity index (χ0n) is 14.8. The second-order valence-electron chi connectivity index (χ2n) is 6.50. The number of benzene rings is 2. The lowest BCUT2D eigenvalue weighted by molar-refractivity contribution is -0.125. The summed E-state index contributed by atoms with van der Waals surface area (Å²) in [6, 6.07) is 14.1. The van der Waals surface area contributed by atoms with E-state index in [-0.39, 0.29) is 18.4 Å². The molecule has 2 amide bonds. The van der Waals surface area contributed by atoms with Crippen molar-refractivity contribution in [3.05, 3.63) is 54.1 Å². The van der Waals surface area contributed by atoms with Crippen molar-refractivity contribution in [2.45, 2.75) is 20.0 Å². The average molecular weight is 354 g/mol. The van der Waals surface area contributed by atoms with Crippen LogP contribution in [-0.2, 0) is 4.79 Å². The fraction of sp³-hybridized carbons (Fsp3) is 0.300. The third-order valence-corrected chi connectivity index (χ3v) is 3.90. The number of nitrogens with one attached hydrogen (secondary N) is 2. The Morgan fingerprint density at radius 3 is 2.54 bits per heavy atom. The van der Waals surface area contributed by atoms with E-state index in [0.717, 1.165) is 0 Å². The number of fused-ring (bicyclic) bond motifs is 1. The molecular formula is C20H22N2O4. The van der Waals surface area contributed by atoms with Crippen LogP contribution < -0.4 is 20.1 Å². The largest absolute Gasteiger partial charge is 0.485 e. The number of carbonyl (C=O) groups is 2. The number of hydrogen-bond acceptors (Lipinski definition) is 4. The van der Waals surface area contributed by atoms with Crippen LogP contribution in [0.2, 0.25) is 0 Å². The molecule has 0 saturated carbocycles. The SMILES string of the molecule is CC(C)CNC(=O)c1ccccc1NC(=O)[C@H]1COc2ccccc2O1. The number of anilines is 1. The van der Waals surface area contributed by atoms with Crippen molar-refractivity contribution in [3.8, 4) is 11.5 Å². The fourth-order valence-corrected chi connectivity index (χ4v) is 2.54. The maximum Gasteiger partial charge on any atom is 0.269 e. The molecule has 0 bridgehead atoms. The first-order chi connectivity index (χ1) is 12.5. The summed E-state index contributed by atoms with van der Waals surface area (Å²) in [6.45, 7) is 4.72. The second kappa shape index (κ2) is 7.91. The molecule has 2 aromatic carbocycles. The van der Waals surface area contributed by atoms with Gasteiger partial charge in [-0.1, -0.05) is 38.1 Å². The molecule has 1 atom stereocenters. The molecule has 0 aromatic heterocycles. The monoisotopic (exact) mass is 354 g/mol. The van der Waals surface area contributed by atoms with Gasteiger partial charge in [-0.05, 0) is 30.2 Å². The normalized spacial score (nSPS) is 15.4. The van der Waals surface area contributed by atoms with Crippen molar-refractivity contribution in [3.63, 3.8) is 0 Å². The third kappa shape index (κ3) is 4.14. The predicted molar refractivity (Wildman–Crippen MR) is 98.6 cm³/mol. The number of carbonyl (C=O) groups excluding carboxylic acids is 2. The van der Waals surface area contributed by atoms with Gasteiger partial charge < -0.3 is 20.1 Å². The minimum absolute atomic E-state index is 0.116. The zero-order chi connectivity index (χ0) is 18.5. The third-order valence-electron chi connectivity index (χ3n) is 3.90. The summed E-state index contributed by atoms with van der Waals surface area (Å²) in [4.78, 5) is 24.9. The quantitative estimate of drug-likeness (QED) is 0.866. The van der Waals surface area contributed by atoms with Crippen molar-refractivity contribution < 1.29 is 19.1 Å². The molecule has 1 heterocycles. The molecule has 3 rings (SSSR count). The Bertz CT molecular complexity index is 804. The lowest BCUT2D eigenvalue weighted by Gasteiger charge is -2.25. The molecule has 136 valence electrons. The van der Waals surface area contributed by atoms with Crippen LogP contribution in [0.3, 0.4) is 0 Å². The first kappa shape index (κ1) is 17.8. The van der Waals surface area contributed by atoms with Crippen molar-refractivity contribution in [2.24, 2.45) is 5.92 Å². The van der Waals surface area contributed by atoms with Crippen molar-refractivity contribution >= 4 is 17.5 Å². The summed E-state index contributed by atoms with van der Waals surface area (Å²) in [5.74, 6) is 0.907. The minimum Gasteiger partial charge on any atom is -0.485 e. The van der Waals surface area contributed by atoms with Gasteiger partial charge in [0, 0.05) is 6.54 Å². The van der Waals surface area contributed by atoms with Crippen LogP contribution in [0.15, 0.2) is 48.5 Å². The number of hydrogen-bond donors (Lipinski definition) is 2.